The average molecular weight is 300 g/mol. The molecule has 0 saturated carbocycles. The van der Waals surface area contributed by atoms with Crippen LogP contribution in [0.15, 0.2) is 18.2 Å². The van der Waals surface area contributed by atoms with E-state index in [9.17, 15) is 5.11 Å². The second-order valence-electron chi connectivity index (χ2n) is 5.93. The summed E-state index contributed by atoms with van der Waals surface area (Å²) in [6.45, 7) is 13.6. The standard InChI is InChI=1S/C13H22OSi.2CH3.Ti/c1-10-7-11(14)9-12(8-10)15(5,6)13(2,3)4;;;/h7-9,14H,1-6H3;2*1H3;/q;2*-1;+2. The zero-order valence-corrected chi connectivity index (χ0v) is 15.7. The van der Waals surface area contributed by atoms with E-state index in [1.54, 1.807) is 0 Å². The van der Waals surface area contributed by atoms with Crippen molar-refractivity contribution in [2.45, 2.75) is 45.8 Å². The van der Waals surface area contributed by atoms with E-state index < -0.39 is 8.07 Å². The summed E-state index contributed by atoms with van der Waals surface area (Å²) in [6, 6.07) is 5.97. The van der Waals surface area contributed by atoms with E-state index in [1.165, 1.54) is 5.19 Å². The Morgan fingerprint density at radius 2 is 1.44 bits per heavy atom. The third-order valence-corrected chi connectivity index (χ3v) is 9.14. The first-order valence-corrected chi connectivity index (χ1v) is 8.46. The Balaban J connectivity index is -0.000000750. The van der Waals surface area contributed by atoms with Gasteiger partial charge in [-0.25, -0.2) is 0 Å². The Morgan fingerprint density at radius 3 is 1.78 bits per heavy atom. The predicted octanol–water partition coefficient (Wildman–Crippen LogP) is 4.31. The number of hydrogen-bond donors (Lipinski definition) is 1. The van der Waals surface area contributed by atoms with Gasteiger partial charge in [0.2, 0.25) is 0 Å². The van der Waals surface area contributed by atoms with Gasteiger partial charge >= 0.3 is 21.7 Å². The van der Waals surface area contributed by atoms with Gasteiger partial charge in [0.05, 0.1) is 8.07 Å². The van der Waals surface area contributed by atoms with E-state index in [1.807, 2.05) is 19.1 Å². The fraction of sp³-hybridized carbons (Fsp3) is 0.467. The van der Waals surface area contributed by atoms with E-state index in [2.05, 4.69) is 39.9 Å². The molecular formula is C15H28OSiTi. The quantitative estimate of drug-likeness (QED) is 0.605. The van der Waals surface area contributed by atoms with Gasteiger partial charge in [0, 0.05) is 0 Å². The minimum absolute atomic E-state index is 0. The maximum absolute atomic E-state index is 9.65. The van der Waals surface area contributed by atoms with Gasteiger partial charge in [0.15, 0.2) is 0 Å². The van der Waals surface area contributed by atoms with Crippen LogP contribution in [0, 0.1) is 21.8 Å². The van der Waals surface area contributed by atoms with Gasteiger partial charge in [0.1, 0.15) is 5.75 Å². The van der Waals surface area contributed by atoms with E-state index in [-0.39, 0.29) is 36.6 Å². The van der Waals surface area contributed by atoms with E-state index >= 15 is 0 Å². The van der Waals surface area contributed by atoms with Crippen molar-refractivity contribution in [2.24, 2.45) is 0 Å². The summed E-state index contributed by atoms with van der Waals surface area (Å²) >= 11 is 0. The molecule has 0 saturated heterocycles. The number of aryl methyl sites for hydroxylation is 1. The Hall–Kier alpha value is -0.0488. The summed E-state index contributed by atoms with van der Waals surface area (Å²) in [6.07, 6.45) is 0. The molecule has 0 atom stereocenters. The molecule has 0 aliphatic rings. The molecule has 0 unspecified atom stereocenters. The molecule has 1 aromatic carbocycles. The molecule has 0 radical (unpaired) electrons. The fourth-order valence-electron chi connectivity index (χ4n) is 1.56. The van der Waals surface area contributed by atoms with Crippen molar-refractivity contribution in [2.75, 3.05) is 0 Å². The first-order chi connectivity index (χ1) is 6.64. The summed E-state index contributed by atoms with van der Waals surface area (Å²) in [5, 5.41) is 11.3. The molecule has 0 aliphatic carbocycles. The van der Waals surface area contributed by atoms with Crippen LogP contribution < -0.4 is 5.19 Å². The summed E-state index contributed by atoms with van der Waals surface area (Å²) < 4.78 is 0. The Labute approximate surface area is 130 Å². The number of benzene rings is 1. The van der Waals surface area contributed by atoms with Crippen molar-refractivity contribution < 1.29 is 26.8 Å². The maximum Gasteiger partial charge on any atom is 2.00 e. The third kappa shape index (κ3) is 4.91. The van der Waals surface area contributed by atoms with Crippen LogP contribution in [0.5, 0.6) is 5.75 Å². The molecule has 102 valence electrons. The Kier molecular flexibility index (Phi) is 9.64. The van der Waals surface area contributed by atoms with Gasteiger partial charge in [-0.3, -0.25) is 0 Å². The topological polar surface area (TPSA) is 20.2 Å². The van der Waals surface area contributed by atoms with Gasteiger partial charge in [-0.2, -0.15) is 0 Å². The molecule has 0 spiro atoms. The van der Waals surface area contributed by atoms with Crippen molar-refractivity contribution in [3.8, 4) is 5.75 Å². The zero-order chi connectivity index (χ0) is 11.9. The molecule has 0 amide bonds. The second kappa shape index (κ2) is 7.52. The van der Waals surface area contributed by atoms with Gasteiger partial charge in [0.25, 0.3) is 0 Å². The molecule has 1 aromatic rings. The van der Waals surface area contributed by atoms with Gasteiger partial charge in [-0.15, -0.1) is 0 Å². The summed E-state index contributed by atoms with van der Waals surface area (Å²) in [4.78, 5) is 0. The van der Waals surface area contributed by atoms with E-state index in [0.29, 0.717) is 10.8 Å². The minimum atomic E-state index is -1.50. The largest absolute Gasteiger partial charge is 2.00 e. The van der Waals surface area contributed by atoms with Crippen LogP contribution in [-0.4, -0.2) is 13.2 Å². The molecule has 0 aromatic heterocycles. The van der Waals surface area contributed by atoms with E-state index in [0.717, 1.165) is 5.56 Å². The minimum Gasteiger partial charge on any atom is -0.508 e. The molecule has 1 N–H and O–H groups in total. The van der Waals surface area contributed by atoms with Crippen LogP contribution in [0.4, 0.5) is 0 Å². The van der Waals surface area contributed by atoms with Crippen LogP contribution in [0.3, 0.4) is 0 Å². The van der Waals surface area contributed by atoms with Crippen molar-refractivity contribution >= 4 is 13.3 Å². The molecular weight excluding hydrogens is 272 g/mol. The monoisotopic (exact) mass is 300 g/mol. The van der Waals surface area contributed by atoms with Gasteiger partial charge in [-0.1, -0.05) is 45.1 Å². The number of hydrogen-bond acceptors (Lipinski definition) is 1. The molecule has 18 heavy (non-hydrogen) atoms. The van der Waals surface area contributed by atoms with E-state index in [4.69, 9.17) is 0 Å². The molecule has 1 nitrogen and oxygen atoms in total. The first-order valence-electron chi connectivity index (χ1n) is 5.46. The number of phenols is 1. The normalized spacial score (nSPS) is 10.8. The molecule has 1 rings (SSSR count). The number of rotatable bonds is 1. The zero-order valence-electron chi connectivity index (χ0n) is 13.2. The second-order valence-corrected chi connectivity index (χ2v) is 11.3. The maximum atomic E-state index is 9.65. The molecule has 0 heterocycles. The van der Waals surface area contributed by atoms with Crippen molar-refractivity contribution in [3.63, 3.8) is 0 Å². The first kappa shape index (κ1) is 23.1. The molecule has 0 aliphatic heterocycles. The van der Waals surface area contributed by atoms with Gasteiger partial charge in [-0.05, 0) is 29.7 Å². The van der Waals surface area contributed by atoms with Crippen molar-refractivity contribution in [1.29, 1.82) is 0 Å². The molecule has 0 bridgehead atoms. The fourth-order valence-corrected chi connectivity index (χ4v) is 3.52. The average Bonchev–Trinajstić information content (AvgIpc) is 1.99. The smallest absolute Gasteiger partial charge is 0.508 e. The van der Waals surface area contributed by atoms with Crippen LogP contribution >= 0.6 is 0 Å². The number of phenolic OH excluding ortho intramolecular Hbond substituents is 1. The molecule has 3 heteroatoms. The van der Waals surface area contributed by atoms with Crippen LogP contribution in [0.2, 0.25) is 18.1 Å². The SMILES string of the molecule is Cc1cc(O)cc([Si](C)(C)C(C)(C)C)c1.[CH3-].[CH3-].[Ti+2]. The Bertz CT molecular complexity index is 347. The Morgan fingerprint density at radius 1 is 1.00 bits per heavy atom. The number of aromatic hydroxyl groups is 1. The van der Waals surface area contributed by atoms with Crippen molar-refractivity contribution in [3.05, 3.63) is 38.6 Å². The van der Waals surface area contributed by atoms with Crippen LogP contribution in [0.1, 0.15) is 26.3 Å². The predicted molar refractivity (Wildman–Crippen MR) is 82.5 cm³/mol. The molecule has 0 fully saturated rings. The summed E-state index contributed by atoms with van der Waals surface area (Å²) in [5.74, 6) is 0.398. The van der Waals surface area contributed by atoms with Crippen LogP contribution in [-0.2, 0) is 21.7 Å². The van der Waals surface area contributed by atoms with Crippen LogP contribution in [0.25, 0.3) is 0 Å². The third-order valence-electron chi connectivity index (χ3n) is 3.66. The van der Waals surface area contributed by atoms with Gasteiger partial charge < -0.3 is 20.0 Å². The van der Waals surface area contributed by atoms with Crippen molar-refractivity contribution in [1.82, 2.24) is 0 Å². The summed E-state index contributed by atoms with van der Waals surface area (Å²) in [7, 11) is -1.50. The summed E-state index contributed by atoms with van der Waals surface area (Å²) in [5.41, 5.74) is 1.15.